The quantitative estimate of drug-likeness (QED) is 0.554. The van der Waals surface area contributed by atoms with E-state index in [1.807, 2.05) is 25.1 Å². The Hall–Kier alpha value is -1.65. The van der Waals surface area contributed by atoms with E-state index in [0.717, 1.165) is 32.1 Å². The van der Waals surface area contributed by atoms with Gasteiger partial charge in [0.15, 0.2) is 0 Å². The standard InChI is InChI=1S/C23H28ClNO2/c1-22(2,3)19-11-7-10-17-20(19)18(12-25-23(4,13-26)14-27)15-8-5-6-9-16(15)21(17)24/h5-11,25-27H,12-14H2,1-4H3. The third kappa shape index (κ3) is 3.70. The fourth-order valence-electron chi connectivity index (χ4n) is 3.55. The van der Waals surface area contributed by atoms with E-state index in [1.165, 1.54) is 5.56 Å². The Morgan fingerprint density at radius 1 is 0.852 bits per heavy atom. The van der Waals surface area contributed by atoms with E-state index in [0.29, 0.717) is 6.54 Å². The van der Waals surface area contributed by atoms with Gasteiger partial charge in [0.05, 0.1) is 23.8 Å². The van der Waals surface area contributed by atoms with Crippen LogP contribution in [0.15, 0.2) is 42.5 Å². The first-order valence-corrected chi connectivity index (χ1v) is 9.68. The molecule has 0 aliphatic rings. The number of hydrogen-bond acceptors (Lipinski definition) is 3. The van der Waals surface area contributed by atoms with Crippen molar-refractivity contribution in [3.8, 4) is 0 Å². The summed E-state index contributed by atoms with van der Waals surface area (Å²) < 4.78 is 0. The summed E-state index contributed by atoms with van der Waals surface area (Å²) in [5, 5.41) is 27.8. The Morgan fingerprint density at radius 2 is 1.44 bits per heavy atom. The Bertz CT molecular complexity index is 971. The zero-order valence-corrected chi connectivity index (χ0v) is 17.2. The number of fused-ring (bicyclic) bond motifs is 2. The van der Waals surface area contributed by atoms with Gasteiger partial charge in [-0.3, -0.25) is 0 Å². The van der Waals surface area contributed by atoms with Gasteiger partial charge in [0.1, 0.15) is 0 Å². The number of aliphatic hydroxyl groups excluding tert-OH is 2. The van der Waals surface area contributed by atoms with Crippen LogP contribution in [0, 0.1) is 0 Å². The van der Waals surface area contributed by atoms with Gasteiger partial charge in [-0.15, -0.1) is 0 Å². The van der Waals surface area contributed by atoms with Crippen LogP contribution in [0.5, 0.6) is 0 Å². The highest BCUT2D eigenvalue weighted by molar-refractivity contribution is 6.41. The maximum Gasteiger partial charge on any atom is 0.0633 e. The number of nitrogens with one attached hydrogen (secondary N) is 1. The summed E-state index contributed by atoms with van der Waals surface area (Å²) in [4.78, 5) is 0. The molecule has 144 valence electrons. The molecule has 3 N–H and O–H groups in total. The number of aliphatic hydroxyl groups is 2. The third-order valence-corrected chi connectivity index (χ3v) is 5.70. The van der Waals surface area contributed by atoms with Crippen LogP contribution < -0.4 is 5.32 Å². The van der Waals surface area contributed by atoms with Crippen LogP contribution in [0.2, 0.25) is 5.02 Å². The van der Waals surface area contributed by atoms with Crippen molar-refractivity contribution >= 4 is 33.1 Å². The molecule has 0 bridgehead atoms. The van der Waals surface area contributed by atoms with E-state index in [2.05, 4.69) is 50.4 Å². The minimum absolute atomic E-state index is 0.0443. The molecule has 3 nitrogen and oxygen atoms in total. The van der Waals surface area contributed by atoms with E-state index in [1.54, 1.807) is 0 Å². The van der Waals surface area contributed by atoms with Gasteiger partial charge in [0.2, 0.25) is 0 Å². The predicted octanol–water partition coefficient (Wildman–Crippen LogP) is 4.78. The molecule has 0 heterocycles. The second-order valence-electron chi connectivity index (χ2n) is 8.55. The molecule has 27 heavy (non-hydrogen) atoms. The van der Waals surface area contributed by atoms with Gasteiger partial charge in [-0.25, -0.2) is 0 Å². The highest BCUT2D eigenvalue weighted by Gasteiger charge is 2.25. The van der Waals surface area contributed by atoms with Crippen LogP contribution in [-0.2, 0) is 12.0 Å². The molecule has 0 amide bonds. The molecule has 3 rings (SSSR count). The fourth-order valence-corrected chi connectivity index (χ4v) is 3.87. The Kier molecular flexibility index (Phi) is 5.51. The average Bonchev–Trinajstić information content (AvgIpc) is 2.66. The molecule has 0 aliphatic carbocycles. The van der Waals surface area contributed by atoms with E-state index in [4.69, 9.17) is 11.6 Å². The first-order chi connectivity index (χ1) is 12.7. The number of rotatable bonds is 5. The summed E-state index contributed by atoms with van der Waals surface area (Å²) in [6.45, 7) is 8.67. The molecular formula is C23H28ClNO2. The summed E-state index contributed by atoms with van der Waals surface area (Å²) in [6, 6.07) is 14.4. The monoisotopic (exact) mass is 385 g/mol. The second-order valence-corrected chi connectivity index (χ2v) is 8.92. The van der Waals surface area contributed by atoms with Gasteiger partial charge in [0, 0.05) is 17.3 Å². The minimum atomic E-state index is -0.746. The smallest absolute Gasteiger partial charge is 0.0633 e. The van der Waals surface area contributed by atoms with Crippen LogP contribution in [0.3, 0.4) is 0 Å². The Morgan fingerprint density at radius 3 is 2.04 bits per heavy atom. The van der Waals surface area contributed by atoms with Gasteiger partial charge in [-0.05, 0) is 34.2 Å². The molecular weight excluding hydrogens is 358 g/mol. The number of halogens is 1. The van der Waals surface area contributed by atoms with Gasteiger partial charge < -0.3 is 15.5 Å². The average molecular weight is 386 g/mol. The summed E-state index contributed by atoms with van der Waals surface area (Å²) in [5.74, 6) is 0. The van der Waals surface area contributed by atoms with Gasteiger partial charge in [-0.1, -0.05) is 74.8 Å². The second kappa shape index (κ2) is 7.40. The molecule has 3 aromatic carbocycles. The summed E-state index contributed by atoms with van der Waals surface area (Å²) in [6.07, 6.45) is 0. The van der Waals surface area contributed by atoms with Crippen LogP contribution in [0.1, 0.15) is 38.8 Å². The Balaban J connectivity index is 2.35. The van der Waals surface area contributed by atoms with Crippen molar-refractivity contribution < 1.29 is 10.2 Å². The third-order valence-electron chi connectivity index (χ3n) is 5.29. The molecule has 3 aromatic rings. The van der Waals surface area contributed by atoms with Crippen molar-refractivity contribution in [1.29, 1.82) is 0 Å². The van der Waals surface area contributed by atoms with Crippen LogP contribution in [0.25, 0.3) is 21.5 Å². The normalized spacial score (nSPS) is 12.9. The van der Waals surface area contributed by atoms with E-state index >= 15 is 0 Å². The highest BCUT2D eigenvalue weighted by atomic mass is 35.5. The van der Waals surface area contributed by atoms with Crippen molar-refractivity contribution in [2.75, 3.05) is 13.2 Å². The fraction of sp³-hybridized carbons (Fsp3) is 0.391. The van der Waals surface area contributed by atoms with Gasteiger partial charge in [-0.2, -0.15) is 0 Å². The lowest BCUT2D eigenvalue weighted by Crippen LogP contribution is -2.48. The topological polar surface area (TPSA) is 52.5 Å². The summed E-state index contributed by atoms with van der Waals surface area (Å²) in [7, 11) is 0. The Labute approximate surface area is 166 Å². The van der Waals surface area contributed by atoms with Crippen molar-refractivity contribution in [3.05, 3.63) is 58.6 Å². The van der Waals surface area contributed by atoms with E-state index in [9.17, 15) is 10.2 Å². The first kappa shape index (κ1) is 20.1. The van der Waals surface area contributed by atoms with Crippen LogP contribution >= 0.6 is 11.6 Å². The zero-order chi connectivity index (χ0) is 19.8. The number of benzene rings is 3. The molecule has 0 spiro atoms. The van der Waals surface area contributed by atoms with Gasteiger partial charge >= 0.3 is 0 Å². The highest BCUT2D eigenvalue weighted by Crippen LogP contribution is 2.41. The van der Waals surface area contributed by atoms with Crippen molar-refractivity contribution in [1.82, 2.24) is 5.32 Å². The predicted molar refractivity (Wildman–Crippen MR) is 115 cm³/mol. The molecule has 0 unspecified atom stereocenters. The summed E-state index contributed by atoms with van der Waals surface area (Å²) in [5.41, 5.74) is 1.59. The van der Waals surface area contributed by atoms with Crippen molar-refractivity contribution in [2.45, 2.75) is 45.2 Å². The summed E-state index contributed by atoms with van der Waals surface area (Å²) >= 11 is 6.81. The van der Waals surface area contributed by atoms with E-state index < -0.39 is 5.54 Å². The van der Waals surface area contributed by atoms with Crippen molar-refractivity contribution in [2.24, 2.45) is 0 Å². The maximum atomic E-state index is 9.67. The molecule has 0 fully saturated rings. The SMILES string of the molecule is CC(CO)(CO)NCc1c2ccccc2c(Cl)c2cccc(C(C)(C)C)c12. The molecule has 0 saturated heterocycles. The van der Waals surface area contributed by atoms with Crippen LogP contribution in [0.4, 0.5) is 0 Å². The van der Waals surface area contributed by atoms with E-state index in [-0.39, 0.29) is 18.6 Å². The van der Waals surface area contributed by atoms with Crippen LogP contribution in [-0.4, -0.2) is 29.0 Å². The molecule has 4 heteroatoms. The largest absolute Gasteiger partial charge is 0.394 e. The first-order valence-electron chi connectivity index (χ1n) is 9.31. The van der Waals surface area contributed by atoms with Crippen molar-refractivity contribution in [3.63, 3.8) is 0 Å². The lowest BCUT2D eigenvalue weighted by Gasteiger charge is -2.29. The molecule has 0 atom stereocenters. The molecule has 0 saturated carbocycles. The van der Waals surface area contributed by atoms with Gasteiger partial charge in [0.25, 0.3) is 0 Å². The molecule has 0 aliphatic heterocycles. The number of hydrogen-bond donors (Lipinski definition) is 3. The lowest BCUT2D eigenvalue weighted by molar-refractivity contribution is 0.103. The minimum Gasteiger partial charge on any atom is -0.394 e. The lowest BCUT2D eigenvalue weighted by atomic mass is 9.81. The molecule has 0 radical (unpaired) electrons. The molecule has 0 aromatic heterocycles. The maximum absolute atomic E-state index is 9.67. The zero-order valence-electron chi connectivity index (χ0n) is 16.4.